The zero-order chi connectivity index (χ0) is 46.1. The van der Waals surface area contributed by atoms with E-state index in [9.17, 15) is 24.6 Å². The number of aliphatic hydroxyl groups is 4. The van der Waals surface area contributed by atoms with Crippen LogP contribution in [0.15, 0.2) is 127 Å². The van der Waals surface area contributed by atoms with Crippen molar-refractivity contribution in [2.24, 2.45) is 0 Å². The van der Waals surface area contributed by atoms with Crippen molar-refractivity contribution in [3.8, 4) is 17.2 Å². The molecule has 0 aliphatic rings. The molecular formula is C44H62O17. The zero-order valence-corrected chi connectivity index (χ0v) is 35.1. The van der Waals surface area contributed by atoms with Gasteiger partial charge in [-0.2, -0.15) is 0 Å². The molecule has 61 heavy (non-hydrogen) atoms. The van der Waals surface area contributed by atoms with Crippen LogP contribution in [0.4, 0.5) is 0 Å². The summed E-state index contributed by atoms with van der Waals surface area (Å²) in [7, 11) is 0. The lowest BCUT2D eigenvalue weighted by molar-refractivity contribution is -0.139. The van der Waals surface area contributed by atoms with Crippen molar-refractivity contribution in [3.63, 3.8) is 0 Å². The van der Waals surface area contributed by atoms with E-state index < -0.39 is 24.5 Å². The molecule has 0 heterocycles. The van der Waals surface area contributed by atoms with E-state index in [2.05, 4.69) is 19.7 Å². The minimum Gasteiger partial charge on any atom is -0.490 e. The lowest BCUT2D eigenvalue weighted by Gasteiger charge is -2.13. The smallest absolute Gasteiger partial charge is 0.333 e. The van der Waals surface area contributed by atoms with Crippen molar-refractivity contribution in [3.05, 3.63) is 127 Å². The molecule has 3 rings (SSSR count). The van der Waals surface area contributed by atoms with Gasteiger partial charge >= 0.3 is 17.9 Å². The maximum absolute atomic E-state index is 11.0. The summed E-state index contributed by atoms with van der Waals surface area (Å²) in [5.74, 6) is -0.297. The molecule has 0 aliphatic carbocycles. The van der Waals surface area contributed by atoms with Crippen LogP contribution in [-0.4, -0.2) is 140 Å². The number of aliphatic carboxylic acids is 2. The standard InChI is InChI=1S/C14H22O6.C12H14O3.C10H14O4.2C4H6O2/c15-6-7-17-8-9-18-10-11-19-12-14(16)20-13-4-2-1-3-5-13;1-10(2)12(13)15-9-8-14-11-6-4-3-5-7-11;11-6-7-13-8-10(12)14-9-4-2-1-3-5-9;2*1-3(2)4(5)6/h1-5,14-16H,6-12H2;3-7H,1,8-9H2,2H3;1-5,10-12H,6-8H2;2*1H2,2H3,(H,5,6). The van der Waals surface area contributed by atoms with Gasteiger partial charge in [0.15, 0.2) is 0 Å². The first-order valence-electron chi connectivity index (χ1n) is 18.7. The predicted molar refractivity (Wildman–Crippen MR) is 226 cm³/mol. The second kappa shape index (κ2) is 39.8. The van der Waals surface area contributed by atoms with E-state index in [-0.39, 0.29) is 56.8 Å². The van der Waals surface area contributed by atoms with Gasteiger partial charge in [0.25, 0.3) is 0 Å². The van der Waals surface area contributed by atoms with Crippen LogP contribution in [0, 0.1) is 0 Å². The van der Waals surface area contributed by atoms with E-state index in [0.717, 1.165) is 5.75 Å². The molecule has 0 saturated heterocycles. The number of carboxylic acids is 2. The third-order valence-electron chi connectivity index (χ3n) is 6.17. The van der Waals surface area contributed by atoms with Gasteiger partial charge in [-0.3, -0.25) is 0 Å². The minimum absolute atomic E-state index is 0.0163. The molecule has 2 atom stereocenters. The molecule has 0 aliphatic heterocycles. The molecule has 6 N–H and O–H groups in total. The summed E-state index contributed by atoms with van der Waals surface area (Å²) in [6, 6.07) is 27.4. The van der Waals surface area contributed by atoms with Crippen LogP contribution in [0.25, 0.3) is 0 Å². The lowest BCUT2D eigenvalue weighted by atomic mass is 10.3. The van der Waals surface area contributed by atoms with Crippen molar-refractivity contribution in [2.75, 3.05) is 79.3 Å². The van der Waals surface area contributed by atoms with Gasteiger partial charge in [0.2, 0.25) is 12.6 Å². The normalized spacial score (nSPS) is 10.7. The van der Waals surface area contributed by atoms with Crippen molar-refractivity contribution in [1.82, 2.24) is 0 Å². The number of carbonyl (C=O) groups is 3. The van der Waals surface area contributed by atoms with Gasteiger partial charge in [-0.25, -0.2) is 14.4 Å². The third kappa shape index (κ3) is 39.6. The van der Waals surface area contributed by atoms with Gasteiger partial charge in [0.1, 0.15) is 43.7 Å². The van der Waals surface area contributed by atoms with Crippen LogP contribution in [0.5, 0.6) is 17.2 Å². The molecule has 0 amide bonds. The maximum Gasteiger partial charge on any atom is 0.333 e. The number of para-hydroxylation sites is 3. The minimum atomic E-state index is -0.996. The average molecular weight is 863 g/mol. The average Bonchev–Trinajstić information content (AvgIpc) is 3.23. The summed E-state index contributed by atoms with van der Waals surface area (Å²) >= 11 is 0. The van der Waals surface area contributed by atoms with Crippen LogP contribution < -0.4 is 14.2 Å². The molecule has 0 saturated carbocycles. The quantitative estimate of drug-likeness (QED) is 0.0301. The van der Waals surface area contributed by atoms with Crippen LogP contribution in [-0.2, 0) is 38.1 Å². The molecule has 17 nitrogen and oxygen atoms in total. The molecule has 17 heteroatoms. The summed E-state index contributed by atoms with van der Waals surface area (Å²) in [6.45, 7) is 17.2. The molecule has 0 radical (unpaired) electrons. The van der Waals surface area contributed by atoms with Crippen molar-refractivity contribution in [1.29, 1.82) is 0 Å². The Hall–Kier alpha value is -5.63. The number of carbonyl (C=O) groups excluding carboxylic acids is 1. The van der Waals surface area contributed by atoms with E-state index in [1.165, 1.54) is 13.8 Å². The van der Waals surface area contributed by atoms with E-state index >= 15 is 0 Å². The molecule has 0 bridgehead atoms. The Morgan fingerprint density at radius 3 is 1.18 bits per heavy atom. The summed E-state index contributed by atoms with van der Waals surface area (Å²) in [6.07, 6.45) is -1.99. The van der Waals surface area contributed by atoms with E-state index in [4.69, 9.17) is 58.3 Å². The van der Waals surface area contributed by atoms with E-state index in [0.29, 0.717) is 56.7 Å². The van der Waals surface area contributed by atoms with Crippen molar-refractivity contribution >= 4 is 17.9 Å². The van der Waals surface area contributed by atoms with Crippen LogP contribution in [0.3, 0.4) is 0 Å². The Labute approximate surface area is 357 Å². The highest BCUT2D eigenvalue weighted by Crippen LogP contribution is 2.11. The van der Waals surface area contributed by atoms with E-state index in [1.807, 2.05) is 66.7 Å². The largest absolute Gasteiger partial charge is 0.490 e. The summed E-state index contributed by atoms with van der Waals surface area (Å²) in [5, 5.41) is 51.6. The van der Waals surface area contributed by atoms with Crippen molar-refractivity contribution in [2.45, 2.75) is 33.4 Å². The first kappa shape index (κ1) is 57.5. The number of carboxylic acid groups (broad SMARTS) is 2. The monoisotopic (exact) mass is 862 g/mol. The second-order valence-corrected chi connectivity index (χ2v) is 11.8. The van der Waals surface area contributed by atoms with Crippen molar-refractivity contribution < 1.29 is 82.9 Å². The molecule has 3 aromatic rings. The fraction of sp³-hybridized carbons (Fsp3) is 0.386. The number of benzene rings is 3. The Bertz CT molecular complexity index is 1520. The summed E-state index contributed by atoms with van der Waals surface area (Å²) in [4.78, 5) is 30.2. The highest BCUT2D eigenvalue weighted by atomic mass is 16.6. The van der Waals surface area contributed by atoms with Crippen LogP contribution >= 0.6 is 0 Å². The van der Waals surface area contributed by atoms with Gasteiger partial charge in [-0.05, 0) is 57.2 Å². The Morgan fingerprint density at radius 1 is 0.492 bits per heavy atom. The van der Waals surface area contributed by atoms with Gasteiger partial charge in [0, 0.05) is 16.7 Å². The molecule has 3 aromatic carbocycles. The van der Waals surface area contributed by atoms with E-state index in [1.54, 1.807) is 31.2 Å². The Morgan fingerprint density at radius 2 is 0.820 bits per heavy atom. The topological polar surface area (TPSA) is 246 Å². The van der Waals surface area contributed by atoms with Gasteiger partial charge in [-0.1, -0.05) is 74.3 Å². The van der Waals surface area contributed by atoms with Gasteiger partial charge in [0.05, 0.1) is 52.9 Å². The fourth-order valence-electron chi connectivity index (χ4n) is 3.25. The third-order valence-corrected chi connectivity index (χ3v) is 6.17. The van der Waals surface area contributed by atoms with Crippen LogP contribution in [0.1, 0.15) is 20.8 Å². The Kier molecular flexibility index (Phi) is 37.5. The number of aliphatic hydroxyl groups excluding tert-OH is 4. The number of hydrogen-bond acceptors (Lipinski definition) is 15. The van der Waals surface area contributed by atoms with Gasteiger partial charge in [-0.15, -0.1) is 0 Å². The predicted octanol–water partition coefficient (Wildman–Crippen LogP) is 4.30. The number of esters is 1. The highest BCUT2D eigenvalue weighted by Gasteiger charge is 2.06. The lowest BCUT2D eigenvalue weighted by Crippen LogP contribution is -2.23. The molecule has 0 aromatic heterocycles. The fourth-order valence-corrected chi connectivity index (χ4v) is 3.25. The first-order chi connectivity index (χ1) is 29.1. The second-order valence-electron chi connectivity index (χ2n) is 11.8. The number of ether oxygens (including phenoxy) is 8. The zero-order valence-electron chi connectivity index (χ0n) is 35.1. The molecule has 0 spiro atoms. The summed E-state index contributed by atoms with van der Waals surface area (Å²) in [5.41, 5.74) is 0.750. The first-order valence-corrected chi connectivity index (χ1v) is 18.7. The highest BCUT2D eigenvalue weighted by molar-refractivity contribution is 5.87. The number of hydrogen-bond donors (Lipinski definition) is 6. The SMILES string of the molecule is C=C(C)C(=O)O.C=C(C)C(=O)O.C=C(C)C(=O)OCCOc1ccccc1.OCCOCC(O)Oc1ccccc1.OCCOCCOCCOCC(O)Oc1ccccc1. The number of rotatable bonds is 25. The molecule has 0 fully saturated rings. The maximum atomic E-state index is 11.0. The molecule has 340 valence electrons. The Balaban J connectivity index is 0. The molecular weight excluding hydrogens is 800 g/mol. The van der Waals surface area contributed by atoms with Gasteiger partial charge < -0.3 is 68.5 Å². The molecule has 2 unspecified atom stereocenters. The summed E-state index contributed by atoms with van der Waals surface area (Å²) < 4.78 is 40.9. The van der Waals surface area contributed by atoms with Crippen LogP contribution in [0.2, 0.25) is 0 Å².